The van der Waals surface area contributed by atoms with Crippen molar-refractivity contribution >= 4 is 22.9 Å². The third kappa shape index (κ3) is 3.87. The van der Waals surface area contributed by atoms with Crippen LogP contribution in [0.2, 0.25) is 0 Å². The lowest BCUT2D eigenvalue weighted by Crippen LogP contribution is -2.25. The van der Waals surface area contributed by atoms with Crippen molar-refractivity contribution in [2.24, 2.45) is 11.7 Å². The second kappa shape index (κ2) is 6.22. The Bertz CT molecular complexity index is 528. The molecule has 1 fully saturated rings. The largest absolute Gasteiger partial charge is 0.417 e. The van der Waals surface area contributed by atoms with Crippen molar-refractivity contribution in [2.75, 3.05) is 18.0 Å². The highest BCUT2D eigenvalue weighted by Crippen LogP contribution is 2.35. The molecule has 0 amide bonds. The van der Waals surface area contributed by atoms with Gasteiger partial charge in [-0.3, -0.25) is 0 Å². The molecule has 0 aliphatic carbocycles. The topological polar surface area (TPSA) is 29.3 Å². The van der Waals surface area contributed by atoms with E-state index >= 15 is 0 Å². The lowest BCUT2D eigenvalue weighted by Gasteiger charge is -2.24. The Balaban J connectivity index is 2.35. The van der Waals surface area contributed by atoms with Gasteiger partial charge >= 0.3 is 6.18 Å². The molecule has 0 spiro atoms. The van der Waals surface area contributed by atoms with Crippen LogP contribution < -0.4 is 10.6 Å². The van der Waals surface area contributed by atoms with Gasteiger partial charge in [0.1, 0.15) is 4.99 Å². The number of benzene rings is 1. The maximum atomic E-state index is 13.2. The molecule has 0 aromatic heterocycles. The molecule has 1 aliphatic rings. The van der Waals surface area contributed by atoms with Crippen LogP contribution in [0.4, 0.5) is 18.9 Å². The van der Waals surface area contributed by atoms with E-state index in [0.29, 0.717) is 11.6 Å². The minimum atomic E-state index is -4.45. The molecule has 1 aliphatic heterocycles. The molecule has 21 heavy (non-hydrogen) atoms. The van der Waals surface area contributed by atoms with Gasteiger partial charge in [0.05, 0.1) is 5.56 Å². The van der Waals surface area contributed by atoms with Crippen molar-refractivity contribution in [3.8, 4) is 0 Å². The predicted octanol–water partition coefficient (Wildman–Crippen LogP) is 3.97. The van der Waals surface area contributed by atoms with Gasteiger partial charge in [-0.15, -0.1) is 0 Å². The fourth-order valence-electron chi connectivity index (χ4n) is 2.70. The first-order valence-electron chi connectivity index (χ1n) is 7.05. The second-order valence-electron chi connectivity index (χ2n) is 5.62. The first kappa shape index (κ1) is 16.1. The molecule has 1 aromatic carbocycles. The van der Waals surface area contributed by atoms with E-state index in [2.05, 4.69) is 6.92 Å². The Labute approximate surface area is 128 Å². The third-order valence-electron chi connectivity index (χ3n) is 3.96. The maximum absolute atomic E-state index is 13.2. The summed E-state index contributed by atoms with van der Waals surface area (Å²) in [5.74, 6) is 0.618. The lowest BCUT2D eigenvalue weighted by atomic mass is 10.0. The smallest absolute Gasteiger partial charge is 0.389 e. The molecule has 1 unspecified atom stereocenters. The molecule has 2 nitrogen and oxygen atoms in total. The molecule has 116 valence electrons. The van der Waals surface area contributed by atoms with Gasteiger partial charge in [-0.2, -0.15) is 13.2 Å². The van der Waals surface area contributed by atoms with Gasteiger partial charge in [-0.25, -0.2) is 0 Å². The number of nitrogens with two attached hydrogens (primary N) is 1. The summed E-state index contributed by atoms with van der Waals surface area (Å²) >= 11 is 4.72. The first-order valence-corrected chi connectivity index (χ1v) is 7.46. The van der Waals surface area contributed by atoms with Crippen molar-refractivity contribution in [3.63, 3.8) is 0 Å². The van der Waals surface area contributed by atoms with E-state index in [4.69, 9.17) is 18.0 Å². The van der Waals surface area contributed by atoms with Gasteiger partial charge in [0.25, 0.3) is 0 Å². The van der Waals surface area contributed by atoms with Gasteiger partial charge in [0.15, 0.2) is 0 Å². The van der Waals surface area contributed by atoms with E-state index in [-0.39, 0.29) is 10.6 Å². The Morgan fingerprint density at radius 2 is 2.00 bits per heavy atom. The maximum Gasteiger partial charge on any atom is 0.417 e. The van der Waals surface area contributed by atoms with Crippen LogP contribution in [-0.2, 0) is 6.18 Å². The first-order chi connectivity index (χ1) is 9.79. The Kier molecular flexibility index (Phi) is 4.76. The molecule has 6 heteroatoms. The molecular formula is C15H19F3N2S. The summed E-state index contributed by atoms with van der Waals surface area (Å²) in [4.78, 5) is 1.79. The molecule has 0 saturated carbocycles. The van der Waals surface area contributed by atoms with Crippen LogP contribution in [0.3, 0.4) is 0 Å². The summed E-state index contributed by atoms with van der Waals surface area (Å²) in [5, 5.41) is 0. The zero-order chi connectivity index (χ0) is 15.6. The molecule has 2 rings (SSSR count). The van der Waals surface area contributed by atoms with E-state index in [1.165, 1.54) is 12.1 Å². The molecule has 2 N–H and O–H groups in total. The summed E-state index contributed by atoms with van der Waals surface area (Å²) in [7, 11) is 0. The Morgan fingerprint density at radius 3 is 2.62 bits per heavy atom. The Hall–Kier alpha value is -1.30. The number of anilines is 1. The molecule has 1 atom stereocenters. The van der Waals surface area contributed by atoms with Crippen molar-refractivity contribution in [1.29, 1.82) is 0 Å². The monoisotopic (exact) mass is 316 g/mol. The highest BCUT2D eigenvalue weighted by molar-refractivity contribution is 7.80. The van der Waals surface area contributed by atoms with Gasteiger partial charge in [-0.1, -0.05) is 19.1 Å². The fourth-order valence-corrected chi connectivity index (χ4v) is 2.88. The standard InChI is InChI=1S/C15H19F3N2S/c1-10-3-2-7-20(8-6-10)11-4-5-12(14(19)21)13(9-11)15(16,17)18/h4-5,9-10H,2-3,6-8H2,1H3,(H2,19,21). The fraction of sp³-hybridized carbons (Fsp3) is 0.533. The van der Waals surface area contributed by atoms with Crippen molar-refractivity contribution in [2.45, 2.75) is 32.4 Å². The zero-order valence-electron chi connectivity index (χ0n) is 11.9. The number of hydrogen-bond acceptors (Lipinski definition) is 2. The van der Waals surface area contributed by atoms with Gasteiger partial charge < -0.3 is 10.6 Å². The van der Waals surface area contributed by atoms with E-state index in [1.807, 2.05) is 4.90 Å². The summed E-state index contributed by atoms with van der Waals surface area (Å²) in [5.41, 5.74) is 5.14. The van der Waals surface area contributed by atoms with Crippen molar-refractivity contribution < 1.29 is 13.2 Å². The zero-order valence-corrected chi connectivity index (χ0v) is 12.7. The van der Waals surface area contributed by atoms with E-state index in [0.717, 1.165) is 32.4 Å². The summed E-state index contributed by atoms with van der Waals surface area (Å²) in [6.07, 6.45) is -1.33. The third-order valence-corrected chi connectivity index (χ3v) is 4.18. The summed E-state index contributed by atoms with van der Waals surface area (Å²) in [6.45, 7) is 3.75. The predicted molar refractivity (Wildman–Crippen MR) is 82.6 cm³/mol. The van der Waals surface area contributed by atoms with Crippen LogP contribution in [0.25, 0.3) is 0 Å². The van der Waals surface area contributed by atoms with Crippen LogP contribution >= 0.6 is 12.2 Å². The number of alkyl halides is 3. The normalized spacial score (nSPS) is 20.2. The summed E-state index contributed by atoms with van der Waals surface area (Å²) < 4.78 is 39.5. The Morgan fingerprint density at radius 1 is 1.29 bits per heavy atom. The van der Waals surface area contributed by atoms with E-state index < -0.39 is 11.7 Å². The average Bonchev–Trinajstić information content (AvgIpc) is 2.62. The molecule has 0 radical (unpaired) electrons. The molecular weight excluding hydrogens is 297 g/mol. The van der Waals surface area contributed by atoms with Crippen LogP contribution in [0.15, 0.2) is 18.2 Å². The summed E-state index contributed by atoms with van der Waals surface area (Å²) in [6, 6.07) is 4.24. The quantitative estimate of drug-likeness (QED) is 0.837. The molecule has 0 bridgehead atoms. The number of nitrogens with zero attached hydrogens (tertiary/aromatic N) is 1. The van der Waals surface area contributed by atoms with Gasteiger partial charge in [0.2, 0.25) is 0 Å². The van der Waals surface area contributed by atoms with E-state index in [1.54, 1.807) is 6.07 Å². The average molecular weight is 316 g/mol. The van der Waals surface area contributed by atoms with Gasteiger partial charge in [-0.05, 0) is 43.4 Å². The van der Waals surface area contributed by atoms with Crippen LogP contribution in [-0.4, -0.2) is 18.1 Å². The molecule has 1 aromatic rings. The second-order valence-corrected chi connectivity index (χ2v) is 6.05. The minimum absolute atomic E-state index is 0.107. The SMILES string of the molecule is CC1CCCN(c2ccc(C(N)=S)c(C(F)(F)F)c2)CC1. The van der Waals surface area contributed by atoms with Crippen LogP contribution in [0.5, 0.6) is 0 Å². The highest BCUT2D eigenvalue weighted by atomic mass is 32.1. The van der Waals surface area contributed by atoms with Crippen LogP contribution in [0, 0.1) is 5.92 Å². The lowest BCUT2D eigenvalue weighted by molar-refractivity contribution is -0.137. The van der Waals surface area contributed by atoms with E-state index in [9.17, 15) is 13.2 Å². The highest BCUT2D eigenvalue weighted by Gasteiger charge is 2.34. The van der Waals surface area contributed by atoms with Crippen molar-refractivity contribution in [1.82, 2.24) is 0 Å². The van der Waals surface area contributed by atoms with Crippen molar-refractivity contribution in [3.05, 3.63) is 29.3 Å². The molecule has 1 saturated heterocycles. The number of halogens is 3. The number of rotatable bonds is 2. The van der Waals surface area contributed by atoms with Crippen LogP contribution in [0.1, 0.15) is 37.3 Å². The number of hydrogen-bond donors (Lipinski definition) is 1. The number of thiocarbonyl (C=S) groups is 1. The van der Waals surface area contributed by atoms with Gasteiger partial charge in [0, 0.05) is 24.3 Å². The molecule has 1 heterocycles. The minimum Gasteiger partial charge on any atom is -0.389 e.